The number of phosphoric ester groups is 1. The Morgan fingerprint density at radius 2 is 2.29 bits per heavy atom. The summed E-state index contributed by atoms with van der Waals surface area (Å²) in [5, 5.41) is 14.6. The topological polar surface area (TPSA) is 141 Å². The number of nitrogens with one attached hydrogen (secondary N) is 1. The van der Waals surface area contributed by atoms with Gasteiger partial charge in [-0.1, -0.05) is 25.1 Å². The van der Waals surface area contributed by atoms with Crippen LogP contribution in [-0.2, 0) is 18.3 Å². The molecule has 2 saturated heterocycles. The van der Waals surface area contributed by atoms with Crippen molar-refractivity contribution >= 4 is 36.6 Å². The lowest BCUT2D eigenvalue weighted by molar-refractivity contribution is -0.0684. The molecule has 3 N–H and O–H groups in total. The molecule has 11 nitrogen and oxygen atoms in total. The second kappa shape index (κ2) is 7.86. The van der Waals surface area contributed by atoms with Crippen LogP contribution in [0.15, 0.2) is 11.5 Å². The Kier molecular flexibility index (Phi) is 5.62. The number of nitrogens with zero attached hydrogens (tertiary/aromatic N) is 4. The fraction of sp³-hybridized carbons (Fsp3) is 0.667. The average molecular weight is 431 g/mol. The molecule has 2 aliphatic heterocycles. The molecule has 5 unspecified atom stereocenters. The second-order valence-electron chi connectivity index (χ2n) is 6.53. The highest BCUT2D eigenvalue weighted by Gasteiger charge is 2.53. The molecule has 0 aliphatic carbocycles. The van der Waals surface area contributed by atoms with Crippen molar-refractivity contribution in [3.63, 3.8) is 0 Å². The summed E-state index contributed by atoms with van der Waals surface area (Å²) in [6.45, 7) is 2.72. The molecule has 0 spiro atoms. The molecule has 0 aromatic carbocycles. The third-order valence-electron chi connectivity index (χ3n) is 4.67. The average Bonchev–Trinajstić information content (AvgIpc) is 3.19. The molecule has 0 amide bonds. The summed E-state index contributed by atoms with van der Waals surface area (Å²) < 4.78 is 29.1. The number of rotatable bonds is 6. The maximum atomic E-state index is 11.7. The molecule has 2 aromatic heterocycles. The number of hydrogen-bond donors (Lipinski definition) is 3. The van der Waals surface area contributed by atoms with E-state index in [0.717, 1.165) is 19.4 Å². The first-order valence-corrected chi connectivity index (χ1v) is 11.7. The Balaban J connectivity index is 1.70. The van der Waals surface area contributed by atoms with Gasteiger partial charge in [-0.25, -0.2) is 19.5 Å². The predicted molar refractivity (Wildman–Crippen MR) is 101 cm³/mol. The maximum absolute atomic E-state index is 11.7. The predicted octanol–water partition coefficient (Wildman–Crippen LogP) is 1.53. The van der Waals surface area contributed by atoms with E-state index in [1.165, 1.54) is 18.1 Å². The summed E-state index contributed by atoms with van der Waals surface area (Å²) in [7, 11) is -4.19. The highest BCUT2D eigenvalue weighted by molar-refractivity contribution is 7.98. The number of phosphoric acid groups is 1. The van der Waals surface area contributed by atoms with E-state index in [1.807, 2.05) is 6.26 Å². The normalized spacial score (nSPS) is 32.6. The SMILES string of the molecule is CCCCNc1ncnc2c1nc(SC)n2C1OC2COP(=O)(O)OC2C1O. The van der Waals surface area contributed by atoms with Crippen LogP contribution in [0.25, 0.3) is 11.2 Å². The van der Waals surface area contributed by atoms with E-state index in [0.29, 0.717) is 22.1 Å². The molecular weight excluding hydrogens is 409 g/mol. The van der Waals surface area contributed by atoms with Crippen LogP contribution in [0.5, 0.6) is 0 Å². The summed E-state index contributed by atoms with van der Waals surface area (Å²) >= 11 is 1.37. The summed E-state index contributed by atoms with van der Waals surface area (Å²) in [4.78, 5) is 22.8. The van der Waals surface area contributed by atoms with E-state index in [1.54, 1.807) is 4.57 Å². The Hall–Kier alpha value is -1.27. The van der Waals surface area contributed by atoms with Gasteiger partial charge < -0.3 is 20.1 Å². The molecule has 4 heterocycles. The molecule has 5 atom stereocenters. The molecule has 0 radical (unpaired) electrons. The highest BCUT2D eigenvalue weighted by Crippen LogP contribution is 2.52. The second-order valence-corrected chi connectivity index (χ2v) is 8.71. The Labute approximate surface area is 165 Å². The summed E-state index contributed by atoms with van der Waals surface area (Å²) in [6, 6.07) is 0. The van der Waals surface area contributed by atoms with Gasteiger partial charge in [0.1, 0.15) is 24.6 Å². The van der Waals surface area contributed by atoms with Crippen LogP contribution in [0.2, 0.25) is 0 Å². The largest absolute Gasteiger partial charge is 0.472 e. The van der Waals surface area contributed by atoms with Crippen molar-refractivity contribution in [2.24, 2.45) is 0 Å². The van der Waals surface area contributed by atoms with Crippen LogP contribution in [0.4, 0.5) is 5.82 Å². The van der Waals surface area contributed by atoms with Crippen molar-refractivity contribution in [3.05, 3.63) is 6.33 Å². The van der Waals surface area contributed by atoms with Gasteiger partial charge in [0.25, 0.3) is 0 Å². The summed E-state index contributed by atoms with van der Waals surface area (Å²) in [5.41, 5.74) is 1.06. The van der Waals surface area contributed by atoms with Crippen LogP contribution in [0.1, 0.15) is 26.0 Å². The standard InChI is InChI=1S/C15H22N5O6PS/c1-3-4-5-16-12-9-13(18-7-17-12)20(15(19-9)28-2)14-10(21)11-8(25-14)6-24-27(22,23)26-11/h7-8,10-11,14,21H,3-6H2,1-2H3,(H,22,23)(H,16,17,18). The fourth-order valence-corrected chi connectivity index (χ4v) is 4.86. The molecule has 2 aliphatic rings. The minimum atomic E-state index is -4.19. The molecule has 28 heavy (non-hydrogen) atoms. The monoisotopic (exact) mass is 431 g/mol. The number of hydrogen-bond acceptors (Lipinski definition) is 10. The molecule has 0 saturated carbocycles. The quantitative estimate of drug-likeness (QED) is 0.348. The summed E-state index contributed by atoms with van der Waals surface area (Å²) in [5.74, 6) is 0.608. The van der Waals surface area contributed by atoms with Gasteiger partial charge >= 0.3 is 7.82 Å². The van der Waals surface area contributed by atoms with Crippen LogP contribution in [-0.4, -0.2) is 67.2 Å². The van der Waals surface area contributed by atoms with Crippen LogP contribution in [0.3, 0.4) is 0 Å². The summed E-state index contributed by atoms with van der Waals surface area (Å²) in [6.07, 6.45) is 1.59. The van der Waals surface area contributed by atoms with Gasteiger partial charge in [-0.2, -0.15) is 0 Å². The van der Waals surface area contributed by atoms with Gasteiger partial charge in [0, 0.05) is 6.54 Å². The van der Waals surface area contributed by atoms with Crippen molar-refractivity contribution in [1.82, 2.24) is 19.5 Å². The zero-order valence-corrected chi connectivity index (χ0v) is 17.1. The Morgan fingerprint density at radius 3 is 3.04 bits per heavy atom. The third kappa shape index (κ3) is 3.54. The highest BCUT2D eigenvalue weighted by atomic mass is 32.2. The lowest BCUT2D eigenvalue weighted by Crippen LogP contribution is -2.39. The Bertz CT molecular complexity index is 912. The number of thioether (sulfide) groups is 1. The van der Waals surface area contributed by atoms with Crippen molar-refractivity contribution in [2.45, 2.75) is 49.5 Å². The van der Waals surface area contributed by atoms with Gasteiger partial charge in [-0.05, 0) is 12.7 Å². The molecule has 13 heteroatoms. The first-order valence-electron chi connectivity index (χ1n) is 8.95. The van der Waals surface area contributed by atoms with Gasteiger partial charge in [0.15, 0.2) is 28.4 Å². The van der Waals surface area contributed by atoms with E-state index in [2.05, 4.69) is 27.2 Å². The molecule has 0 bridgehead atoms. The Morgan fingerprint density at radius 1 is 1.46 bits per heavy atom. The number of ether oxygens (including phenoxy) is 1. The molecule has 2 fully saturated rings. The number of imidazole rings is 1. The molecule has 4 rings (SSSR count). The third-order valence-corrected chi connectivity index (χ3v) is 6.31. The lowest BCUT2D eigenvalue weighted by Gasteiger charge is -2.27. The van der Waals surface area contributed by atoms with Crippen LogP contribution in [0, 0.1) is 0 Å². The number of fused-ring (bicyclic) bond motifs is 2. The zero-order chi connectivity index (χ0) is 19.9. The minimum absolute atomic E-state index is 0.147. The van der Waals surface area contributed by atoms with E-state index in [4.69, 9.17) is 13.8 Å². The zero-order valence-electron chi connectivity index (χ0n) is 15.4. The first kappa shape index (κ1) is 20.0. The lowest BCUT2D eigenvalue weighted by atomic mass is 10.1. The number of anilines is 1. The number of unbranched alkanes of at least 4 members (excludes halogenated alkanes) is 1. The van der Waals surface area contributed by atoms with Gasteiger partial charge in [-0.15, -0.1) is 0 Å². The smallest absolute Gasteiger partial charge is 0.386 e. The van der Waals surface area contributed by atoms with E-state index < -0.39 is 32.4 Å². The van der Waals surface area contributed by atoms with Gasteiger partial charge in [0.05, 0.1) is 6.61 Å². The number of aliphatic hydroxyl groups is 1. The van der Waals surface area contributed by atoms with Crippen molar-refractivity contribution in [2.75, 3.05) is 24.7 Å². The maximum Gasteiger partial charge on any atom is 0.472 e. The number of aromatic nitrogens is 4. The molecule has 154 valence electrons. The van der Waals surface area contributed by atoms with Gasteiger partial charge in [-0.3, -0.25) is 13.6 Å². The van der Waals surface area contributed by atoms with E-state index >= 15 is 0 Å². The van der Waals surface area contributed by atoms with E-state index in [9.17, 15) is 14.6 Å². The van der Waals surface area contributed by atoms with Crippen LogP contribution < -0.4 is 5.32 Å². The molecular formula is C15H22N5O6PS. The fourth-order valence-electron chi connectivity index (χ4n) is 3.32. The minimum Gasteiger partial charge on any atom is -0.386 e. The number of aliphatic hydroxyl groups excluding tert-OH is 1. The van der Waals surface area contributed by atoms with Crippen molar-refractivity contribution < 1.29 is 28.3 Å². The van der Waals surface area contributed by atoms with E-state index in [-0.39, 0.29) is 6.61 Å². The van der Waals surface area contributed by atoms with Crippen LogP contribution >= 0.6 is 19.6 Å². The first-order chi connectivity index (χ1) is 13.4. The molecule has 2 aromatic rings. The van der Waals surface area contributed by atoms with Crippen molar-refractivity contribution in [1.29, 1.82) is 0 Å². The van der Waals surface area contributed by atoms with Gasteiger partial charge in [0.2, 0.25) is 0 Å². The van der Waals surface area contributed by atoms with Crippen molar-refractivity contribution in [3.8, 4) is 0 Å².